The lowest BCUT2D eigenvalue weighted by atomic mass is 10.2. The predicted molar refractivity (Wildman–Crippen MR) is 121 cm³/mol. The Kier molecular flexibility index (Phi) is 5.83. The fourth-order valence-electron chi connectivity index (χ4n) is 2.90. The molecule has 4 rings (SSSR count). The zero-order chi connectivity index (χ0) is 21.1. The molecular formula is C22H17ClN4O2S. The van der Waals surface area contributed by atoms with E-state index in [1.54, 1.807) is 54.7 Å². The van der Waals surface area contributed by atoms with Gasteiger partial charge in [-0.1, -0.05) is 47.6 Å². The zero-order valence-electron chi connectivity index (χ0n) is 16.0. The van der Waals surface area contributed by atoms with Gasteiger partial charge in [-0.05, 0) is 48.9 Å². The first-order valence-electron chi connectivity index (χ1n) is 9.14. The van der Waals surface area contributed by atoms with Crippen LogP contribution in [-0.4, -0.2) is 26.2 Å². The number of hydrogen-bond donors (Lipinski definition) is 1. The van der Waals surface area contributed by atoms with Crippen LogP contribution in [0.4, 0.5) is 5.69 Å². The highest BCUT2D eigenvalue weighted by molar-refractivity contribution is 7.99. The highest BCUT2D eigenvalue weighted by atomic mass is 35.5. The van der Waals surface area contributed by atoms with Crippen LogP contribution < -0.4 is 10.9 Å². The van der Waals surface area contributed by atoms with Gasteiger partial charge >= 0.3 is 0 Å². The maximum atomic E-state index is 13.2. The average Bonchev–Trinajstić information content (AvgIpc) is 2.73. The number of aromatic nitrogens is 3. The van der Waals surface area contributed by atoms with Gasteiger partial charge < -0.3 is 5.32 Å². The number of nitrogens with zero attached hydrogens (tertiary/aromatic N) is 3. The summed E-state index contributed by atoms with van der Waals surface area (Å²) in [6.45, 7) is 1.92. The fourth-order valence-corrected chi connectivity index (χ4v) is 3.89. The Morgan fingerprint density at radius 2 is 1.97 bits per heavy atom. The summed E-state index contributed by atoms with van der Waals surface area (Å²) in [6.07, 6.45) is 1.69. The van der Waals surface area contributed by atoms with Crippen molar-refractivity contribution in [1.82, 2.24) is 14.5 Å². The number of aryl methyl sites for hydroxylation is 1. The Morgan fingerprint density at radius 3 is 2.73 bits per heavy atom. The molecule has 6 nitrogen and oxygen atoms in total. The number of amides is 1. The highest BCUT2D eigenvalue weighted by Gasteiger charge is 2.15. The van der Waals surface area contributed by atoms with Gasteiger partial charge in [-0.15, -0.1) is 0 Å². The number of benzene rings is 2. The lowest BCUT2D eigenvalue weighted by Crippen LogP contribution is -2.23. The normalized spacial score (nSPS) is 10.9. The smallest absolute Gasteiger partial charge is 0.267 e. The molecule has 0 aliphatic rings. The molecule has 2 aromatic heterocycles. The van der Waals surface area contributed by atoms with Crippen molar-refractivity contribution >= 4 is 45.9 Å². The SMILES string of the molecule is Cc1ccc(-n2c(SCC(=O)Nc3cccc(Cl)c3)nc3ccccc3c2=O)nc1. The maximum Gasteiger partial charge on any atom is 0.267 e. The van der Waals surface area contributed by atoms with Crippen LogP contribution in [0.3, 0.4) is 0 Å². The molecule has 30 heavy (non-hydrogen) atoms. The topological polar surface area (TPSA) is 76.9 Å². The number of halogens is 1. The molecule has 4 aromatic rings. The Hall–Kier alpha value is -3.16. The van der Waals surface area contributed by atoms with Crippen LogP contribution in [0.2, 0.25) is 5.02 Å². The van der Waals surface area contributed by atoms with Gasteiger partial charge in [0.2, 0.25) is 5.91 Å². The van der Waals surface area contributed by atoms with Gasteiger partial charge in [-0.2, -0.15) is 0 Å². The lowest BCUT2D eigenvalue weighted by Gasteiger charge is -2.12. The second-order valence-electron chi connectivity index (χ2n) is 6.59. The number of carbonyl (C=O) groups is 1. The molecule has 2 heterocycles. The van der Waals surface area contributed by atoms with Crippen molar-refractivity contribution in [3.63, 3.8) is 0 Å². The molecule has 0 aliphatic carbocycles. The molecule has 0 spiro atoms. The monoisotopic (exact) mass is 436 g/mol. The summed E-state index contributed by atoms with van der Waals surface area (Å²) in [5.74, 6) is 0.304. The van der Waals surface area contributed by atoms with E-state index in [1.165, 1.54) is 16.3 Å². The molecular weight excluding hydrogens is 420 g/mol. The number of fused-ring (bicyclic) bond motifs is 1. The standard InChI is InChI=1S/C22H17ClN4O2S/c1-14-9-10-19(24-12-14)27-21(29)17-7-2-3-8-18(17)26-22(27)30-13-20(28)25-16-6-4-5-15(23)11-16/h2-12H,13H2,1H3,(H,25,28). The van der Waals surface area contributed by atoms with E-state index in [4.69, 9.17) is 11.6 Å². The van der Waals surface area contributed by atoms with Crippen LogP contribution in [0.25, 0.3) is 16.7 Å². The second-order valence-corrected chi connectivity index (χ2v) is 7.97. The molecule has 0 fully saturated rings. The molecule has 0 bridgehead atoms. The van der Waals surface area contributed by atoms with Crippen molar-refractivity contribution in [3.05, 3.63) is 87.8 Å². The van der Waals surface area contributed by atoms with Gasteiger partial charge in [0, 0.05) is 16.9 Å². The van der Waals surface area contributed by atoms with Crippen molar-refractivity contribution in [3.8, 4) is 5.82 Å². The molecule has 0 atom stereocenters. The van der Waals surface area contributed by atoms with Crippen LogP contribution in [0.1, 0.15) is 5.56 Å². The first kappa shape index (κ1) is 20.1. The first-order chi connectivity index (χ1) is 14.5. The van der Waals surface area contributed by atoms with Gasteiger partial charge in [-0.3, -0.25) is 9.59 Å². The van der Waals surface area contributed by atoms with E-state index in [-0.39, 0.29) is 17.2 Å². The number of para-hydroxylation sites is 1. The predicted octanol–water partition coefficient (Wildman–Crippen LogP) is 4.47. The quantitative estimate of drug-likeness (QED) is 0.369. The van der Waals surface area contributed by atoms with Gasteiger partial charge in [0.1, 0.15) is 5.82 Å². The van der Waals surface area contributed by atoms with E-state index in [0.717, 1.165) is 5.56 Å². The summed E-state index contributed by atoms with van der Waals surface area (Å²) >= 11 is 7.14. The van der Waals surface area contributed by atoms with Gasteiger partial charge in [-0.25, -0.2) is 14.5 Å². The summed E-state index contributed by atoms with van der Waals surface area (Å²) in [7, 11) is 0. The van der Waals surface area contributed by atoms with E-state index in [2.05, 4.69) is 15.3 Å². The molecule has 0 saturated heterocycles. The molecule has 0 unspecified atom stereocenters. The van der Waals surface area contributed by atoms with Crippen molar-refractivity contribution in [2.45, 2.75) is 12.1 Å². The largest absolute Gasteiger partial charge is 0.325 e. The molecule has 8 heteroatoms. The first-order valence-corrected chi connectivity index (χ1v) is 10.5. The Balaban J connectivity index is 1.67. The van der Waals surface area contributed by atoms with Crippen molar-refractivity contribution in [2.24, 2.45) is 0 Å². The van der Waals surface area contributed by atoms with Gasteiger partial charge in [0.05, 0.1) is 16.7 Å². The van der Waals surface area contributed by atoms with Crippen molar-refractivity contribution in [1.29, 1.82) is 0 Å². The summed E-state index contributed by atoms with van der Waals surface area (Å²) < 4.78 is 1.44. The molecule has 0 aliphatic heterocycles. The molecule has 150 valence electrons. The number of thioether (sulfide) groups is 1. The number of hydrogen-bond acceptors (Lipinski definition) is 5. The minimum Gasteiger partial charge on any atom is -0.325 e. The lowest BCUT2D eigenvalue weighted by molar-refractivity contribution is -0.113. The third kappa shape index (κ3) is 4.37. The minimum atomic E-state index is -0.229. The fraction of sp³-hybridized carbons (Fsp3) is 0.0909. The number of nitrogens with one attached hydrogen (secondary N) is 1. The van der Waals surface area contributed by atoms with Crippen LogP contribution in [0.15, 0.2) is 76.8 Å². The zero-order valence-corrected chi connectivity index (χ0v) is 17.6. The molecule has 0 radical (unpaired) electrons. The van der Waals surface area contributed by atoms with Crippen LogP contribution in [0.5, 0.6) is 0 Å². The second kappa shape index (κ2) is 8.69. The number of pyridine rings is 1. The molecule has 2 aromatic carbocycles. The van der Waals surface area contributed by atoms with Crippen LogP contribution in [-0.2, 0) is 4.79 Å². The summed E-state index contributed by atoms with van der Waals surface area (Å²) in [5, 5.41) is 4.23. The summed E-state index contributed by atoms with van der Waals surface area (Å²) in [4.78, 5) is 34.6. The summed E-state index contributed by atoms with van der Waals surface area (Å²) in [6, 6.07) is 17.7. The van der Waals surface area contributed by atoms with E-state index in [0.29, 0.717) is 32.6 Å². The van der Waals surface area contributed by atoms with E-state index in [1.807, 2.05) is 19.1 Å². The maximum absolute atomic E-state index is 13.2. The number of anilines is 1. The van der Waals surface area contributed by atoms with Crippen molar-refractivity contribution in [2.75, 3.05) is 11.1 Å². The minimum absolute atomic E-state index is 0.0726. The Bertz CT molecular complexity index is 1290. The Labute approximate surface area is 181 Å². The Morgan fingerprint density at radius 1 is 1.13 bits per heavy atom. The molecule has 1 amide bonds. The average molecular weight is 437 g/mol. The van der Waals surface area contributed by atoms with E-state index < -0.39 is 0 Å². The van der Waals surface area contributed by atoms with Crippen LogP contribution >= 0.6 is 23.4 Å². The van der Waals surface area contributed by atoms with Crippen LogP contribution in [0, 0.1) is 6.92 Å². The third-order valence-electron chi connectivity index (χ3n) is 4.31. The van der Waals surface area contributed by atoms with E-state index >= 15 is 0 Å². The number of rotatable bonds is 5. The van der Waals surface area contributed by atoms with Gasteiger partial charge in [0.25, 0.3) is 5.56 Å². The summed E-state index contributed by atoms with van der Waals surface area (Å²) in [5.41, 5.74) is 1.94. The van der Waals surface area contributed by atoms with Crippen molar-refractivity contribution < 1.29 is 4.79 Å². The highest BCUT2D eigenvalue weighted by Crippen LogP contribution is 2.21. The number of carbonyl (C=O) groups excluding carboxylic acids is 1. The van der Waals surface area contributed by atoms with E-state index in [9.17, 15) is 9.59 Å². The third-order valence-corrected chi connectivity index (χ3v) is 5.48. The molecule has 0 saturated carbocycles. The molecule has 1 N–H and O–H groups in total. The van der Waals surface area contributed by atoms with Gasteiger partial charge in [0.15, 0.2) is 5.16 Å².